The Balaban J connectivity index is 1.84. The lowest BCUT2D eigenvalue weighted by atomic mass is 9.87. The van der Waals surface area contributed by atoms with Crippen LogP contribution in [-0.2, 0) is 0 Å². The minimum atomic E-state index is -0.147. The number of hydrogen-bond acceptors (Lipinski definition) is 2. The Hall–Kier alpha value is -1.64. The molecular weight excluding hydrogens is 188 g/mol. The van der Waals surface area contributed by atoms with Crippen molar-refractivity contribution in [3.05, 3.63) is 35.9 Å². The van der Waals surface area contributed by atoms with Crippen molar-refractivity contribution in [3.63, 3.8) is 0 Å². The standard InChI is InChI=1S/C12H14N2O/c15-12(11-7-2-1-3-8-11)14-13-9-10-5-4-6-10/h1-3,7-10H,4-6H2,(H,14,15)/b13-9+. The van der Waals surface area contributed by atoms with Gasteiger partial charge in [0.1, 0.15) is 0 Å². The van der Waals surface area contributed by atoms with Gasteiger partial charge in [0.15, 0.2) is 0 Å². The van der Waals surface area contributed by atoms with Crippen LogP contribution in [0.15, 0.2) is 35.4 Å². The number of amides is 1. The van der Waals surface area contributed by atoms with Crippen molar-refractivity contribution in [1.82, 2.24) is 5.43 Å². The van der Waals surface area contributed by atoms with E-state index in [1.54, 1.807) is 12.1 Å². The van der Waals surface area contributed by atoms with E-state index in [1.165, 1.54) is 19.3 Å². The second-order valence-electron chi connectivity index (χ2n) is 3.78. The topological polar surface area (TPSA) is 41.5 Å². The largest absolute Gasteiger partial charge is 0.271 e. The molecule has 0 atom stereocenters. The van der Waals surface area contributed by atoms with Gasteiger partial charge in [0.2, 0.25) is 0 Å². The van der Waals surface area contributed by atoms with Crippen LogP contribution in [0.3, 0.4) is 0 Å². The van der Waals surface area contributed by atoms with Gasteiger partial charge in [-0.05, 0) is 30.9 Å². The average Bonchev–Trinajstić information content (AvgIpc) is 2.23. The van der Waals surface area contributed by atoms with Gasteiger partial charge in [-0.15, -0.1) is 0 Å². The highest BCUT2D eigenvalue weighted by Gasteiger charge is 2.14. The maximum atomic E-state index is 11.5. The van der Waals surface area contributed by atoms with Gasteiger partial charge in [0.25, 0.3) is 5.91 Å². The molecule has 0 radical (unpaired) electrons. The van der Waals surface area contributed by atoms with Gasteiger partial charge < -0.3 is 0 Å². The zero-order chi connectivity index (χ0) is 10.5. The van der Waals surface area contributed by atoms with E-state index in [-0.39, 0.29) is 5.91 Å². The molecule has 0 saturated heterocycles. The third-order valence-electron chi connectivity index (χ3n) is 2.64. The Labute approximate surface area is 89.2 Å². The molecule has 1 saturated carbocycles. The fraction of sp³-hybridized carbons (Fsp3) is 0.333. The van der Waals surface area contributed by atoms with E-state index >= 15 is 0 Å². The zero-order valence-electron chi connectivity index (χ0n) is 8.52. The van der Waals surface area contributed by atoms with Gasteiger partial charge in [-0.25, -0.2) is 5.43 Å². The molecule has 1 aromatic carbocycles. The highest BCUT2D eigenvalue weighted by molar-refractivity contribution is 5.94. The first kappa shape index (κ1) is 9.90. The molecule has 0 aliphatic heterocycles. The normalized spacial score (nSPS) is 16.3. The molecule has 1 N–H and O–H groups in total. The first-order chi connectivity index (χ1) is 7.36. The van der Waals surface area contributed by atoms with Gasteiger partial charge >= 0.3 is 0 Å². The van der Waals surface area contributed by atoms with Crippen LogP contribution in [0.1, 0.15) is 29.6 Å². The Kier molecular flexibility index (Phi) is 3.12. The summed E-state index contributed by atoms with van der Waals surface area (Å²) in [6.45, 7) is 0. The van der Waals surface area contributed by atoms with Gasteiger partial charge in [0.05, 0.1) is 0 Å². The fourth-order valence-electron chi connectivity index (χ4n) is 1.44. The Morgan fingerprint density at radius 1 is 1.33 bits per heavy atom. The summed E-state index contributed by atoms with van der Waals surface area (Å²) in [5.74, 6) is 0.423. The molecule has 0 bridgehead atoms. The van der Waals surface area contributed by atoms with Gasteiger partial charge in [-0.1, -0.05) is 24.6 Å². The second-order valence-corrected chi connectivity index (χ2v) is 3.78. The Morgan fingerprint density at radius 3 is 2.67 bits per heavy atom. The Bertz CT molecular complexity index is 355. The number of rotatable bonds is 3. The van der Waals surface area contributed by atoms with Crippen LogP contribution in [0, 0.1) is 5.92 Å². The summed E-state index contributed by atoms with van der Waals surface area (Å²) in [6.07, 6.45) is 5.52. The molecule has 1 aliphatic carbocycles. The quantitative estimate of drug-likeness (QED) is 0.592. The number of hydrazone groups is 1. The summed E-state index contributed by atoms with van der Waals surface area (Å²) in [5.41, 5.74) is 3.17. The predicted molar refractivity (Wildman–Crippen MR) is 59.7 cm³/mol. The molecule has 0 heterocycles. The van der Waals surface area contributed by atoms with Crippen LogP contribution in [0.5, 0.6) is 0 Å². The van der Waals surface area contributed by atoms with Crippen molar-refractivity contribution in [2.24, 2.45) is 11.0 Å². The SMILES string of the molecule is O=C(N/N=C/C1CCC1)c1ccccc1. The zero-order valence-corrected chi connectivity index (χ0v) is 8.52. The van der Waals surface area contributed by atoms with E-state index in [0.717, 1.165) is 0 Å². The fourth-order valence-corrected chi connectivity index (χ4v) is 1.44. The van der Waals surface area contributed by atoms with Crippen molar-refractivity contribution in [2.75, 3.05) is 0 Å². The van der Waals surface area contributed by atoms with Crippen molar-refractivity contribution < 1.29 is 4.79 Å². The third-order valence-corrected chi connectivity index (χ3v) is 2.64. The molecule has 78 valence electrons. The highest BCUT2D eigenvalue weighted by Crippen LogP contribution is 2.23. The highest BCUT2D eigenvalue weighted by atomic mass is 16.2. The molecule has 1 aliphatic rings. The van der Waals surface area contributed by atoms with Gasteiger partial charge in [-0.3, -0.25) is 4.79 Å². The molecule has 3 nitrogen and oxygen atoms in total. The molecule has 0 aromatic heterocycles. The lowest BCUT2D eigenvalue weighted by molar-refractivity contribution is 0.0955. The average molecular weight is 202 g/mol. The van der Waals surface area contributed by atoms with E-state index in [2.05, 4.69) is 10.5 Å². The molecule has 1 fully saturated rings. The molecule has 15 heavy (non-hydrogen) atoms. The molecule has 1 amide bonds. The minimum absolute atomic E-state index is 0.147. The van der Waals surface area contributed by atoms with Crippen LogP contribution in [0.2, 0.25) is 0 Å². The molecule has 2 rings (SSSR count). The number of carbonyl (C=O) groups excluding carboxylic acids is 1. The minimum Gasteiger partial charge on any atom is -0.267 e. The Morgan fingerprint density at radius 2 is 2.07 bits per heavy atom. The molecule has 0 unspecified atom stereocenters. The number of hydrogen-bond donors (Lipinski definition) is 1. The summed E-state index contributed by atoms with van der Waals surface area (Å²) in [6, 6.07) is 9.10. The van der Waals surface area contributed by atoms with Gasteiger partial charge in [0, 0.05) is 11.8 Å². The van der Waals surface area contributed by atoms with E-state index in [4.69, 9.17) is 0 Å². The first-order valence-electron chi connectivity index (χ1n) is 5.25. The van der Waals surface area contributed by atoms with Crippen LogP contribution in [0.25, 0.3) is 0 Å². The summed E-state index contributed by atoms with van der Waals surface area (Å²) < 4.78 is 0. The lowest BCUT2D eigenvalue weighted by Gasteiger charge is -2.19. The summed E-state index contributed by atoms with van der Waals surface area (Å²) in [7, 11) is 0. The third kappa shape index (κ3) is 2.65. The van der Waals surface area contributed by atoms with Crippen LogP contribution in [0.4, 0.5) is 0 Å². The van der Waals surface area contributed by atoms with Gasteiger partial charge in [-0.2, -0.15) is 5.10 Å². The number of benzene rings is 1. The monoisotopic (exact) mass is 202 g/mol. The van der Waals surface area contributed by atoms with Crippen molar-refractivity contribution in [1.29, 1.82) is 0 Å². The van der Waals surface area contributed by atoms with Crippen molar-refractivity contribution in [3.8, 4) is 0 Å². The van der Waals surface area contributed by atoms with Crippen LogP contribution in [-0.4, -0.2) is 12.1 Å². The molecule has 3 heteroatoms. The maximum absolute atomic E-state index is 11.5. The van der Waals surface area contributed by atoms with Crippen molar-refractivity contribution >= 4 is 12.1 Å². The summed E-state index contributed by atoms with van der Waals surface area (Å²) >= 11 is 0. The molecule has 1 aromatic rings. The first-order valence-corrected chi connectivity index (χ1v) is 5.25. The van der Waals surface area contributed by atoms with E-state index in [9.17, 15) is 4.79 Å². The smallest absolute Gasteiger partial charge is 0.267 e. The summed E-state index contributed by atoms with van der Waals surface area (Å²) in [5, 5.41) is 3.95. The van der Waals surface area contributed by atoms with Crippen molar-refractivity contribution in [2.45, 2.75) is 19.3 Å². The van der Waals surface area contributed by atoms with E-state index in [0.29, 0.717) is 11.5 Å². The number of nitrogens with zero attached hydrogens (tertiary/aromatic N) is 1. The molecule has 0 spiro atoms. The van der Waals surface area contributed by atoms with Crippen LogP contribution >= 0.6 is 0 Å². The number of carbonyl (C=O) groups is 1. The molecular formula is C12H14N2O. The summed E-state index contributed by atoms with van der Waals surface area (Å²) in [4.78, 5) is 11.5. The lowest BCUT2D eigenvalue weighted by Crippen LogP contribution is -2.20. The van der Waals surface area contributed by atoms with E-state index < -0.39 is 0 Å². The van der Waals surface area contributed by atoms with Crippen LogP contribution < -0.4 is 5.43 Å². The van der Waals surface area contributed by atoms with E-state index in [1.807, 2.05) is 24.4 Å². The maximum Gasteiger partial charge on any atom is 0.271 e. The predicted octanol–water partition coefficient (Wildman–Crippen LogP) is 2.20. The number of nitrogens with one attached hydrogen (secondary N) is 1. The second kappa shape index (κ2) is 4.73.